The van der Waals surface area contributed by atoms with E-state index >= 15 is 0 Å². The molecule has 2 unspecified atom stereocenters. The zero-order valence-corrected chi connectivity index (χ0v) is 8.40. The van der Waals surface area contributed by atoms with Gasteiger partial charge in [-0.05, 0) is 23.3 Å². The molecule has 3 N–H and O–H groups in total. The summed E-state index contributed by atoms with van der Waals surface area (Å²) in [6.07, 6.45) is 4.24. The van der Waals surface area contributed by atoms with E-state index in [0.717, 1.165) is 16.7 Å². The number of ether oxygens (including phenoxy) is 1. The van der Waals surface area contributed by atoms with Gasteiger partial charge in [0.1, 0.15) is 18.0 Å². The number of nitrogens with zero attached hydrogens (tertiary/aromatic N) is 1. The summed E-state index contributed by atoms with van der Waals surface area (Å²) in [5, 5.41) is 7.73. The van der Waals surface area contributed by atoms with Gasteiger partial charge >= 0.3 is 0 Å². The average Bonchev–Trinajstić information content (AvgIpc) is 2.93. The Morgan fingerprint density at radius 1 is 1.12 bits per heavy atom. The van der Waals surface area contributed by atoms with Crippen LogP contribution in [0.1, 0.15) is 34.5 Å². The minimum Gasteiger partial charge on any atom is -0.383 e. The molecule has 1 aromatic carbocycles. The summed E-state index contributed by atoms with van der Waals surface area (Å²) >= 11 is 0. The van der Waals surface area contributed by atoms with Gasteiger partial charge in [-0.25, -0.2) is 4.99 Å². The predicted molar refractivity (Wildman–Crippen MR) is 59.7 cm³/mol. The Labute approximate surface area is 91.9 Å². The molecule has 0 radical (unpaired) electrons. The first-order valence-corrected chi connectivity index (χ1v) is 5.19. The van der Waals surface area contributed by atoms with Crippen LogP contribution in [-0.2, 0) is 4.74 Å². The molecule has 3 aliphatic heterocycles. The summed E-state index contributed by atoms with van der Waals surface area (Å²) in [7, 11) is 0. The fourth-order valence-corrected chi connectivity index (χ4v) is 2.58. The van der Waals surface area contributed by atoms with Crippen molar-refractivity contribution in [3.8, 4) is 0 Å². The molecule has 16 heavy (non-hydrogen) atoms. The van der Waals surface area contributed by atoms with Gasteiger partial charge in [0.2, 0.25) is 0 Å². The Morgan fingerprint density at radius 2 is 1.75 bits per heavy atom. The zero-order valence-electron chi connectivity index (χ0n) is 8.40. The molecular weight excluding hydrogens is 202 g/mol. The first-order chi connectivity index (χ1) is 7.74. The van der Waals surface area contributed by atoms with Gasteiger partial charge in [0.05, 0.1) is 0 Å². The smallest absolute Gasteiger partial charge is 0.154 e. The molecule has 0 fully saturated rings. The first-order valence-electron chi connectivity index (χ1n) is 5.19. The largest absolute Gasteiger partial charge is 0.383 e. The molecule has 1 aromatic rings. The number of hydrogen-bond donors (Lipinski definition) is 2. The molecule has 2 bridgehead atoms. The van der Waals surface area contributed by atoms with Crippen molar-refractivity contribution in [3.05, 3.63) is 46.5 Å². The van der Waals surface area contributed by atoms with E-state index < -0.39 is 0 Å². The van der Waals surface area contributed by atoms with Crippen LogP contribution in [0.4, 0.5) is 0 Å². The molecule has 4 heteroatoms. The second-order valence-corrected chi connectivity index (χ2v) is 4.23. The maximum atomic E-state index is 7.73. The van der Waals surface area contributed by atoms with Crippen molar-refractivity contribution in [2.45, 2.75) is 12.2 Å². The van der Waals surface area contributed by atoms with Crippen molar-refractivity contribution < 1.29 is 4.74 Å². The van der Waals surface area contributed by atoms with E-state index in [0.29, 0.717) is 5.84 Å². The highest BCUT2D eigenvalue weighted by Crippen LogP contribution is 2.46. The minimum absolute atomic E-state index is 0.0555. The standard InChI is InChI=1S/C12H9N3O/c13-11-7-3-5-6(4-8(7)12(14)15-11)10-2-1-9(5)16-10/h1-4,9-10H,(H3,13,14,15). The second kappa shape index (κ2) is 2.41. The molecular formula is C12H9N3O. The van der Waals surface area contributed by atoms with Gasteiger partial charge in [0.25, 0.3) is 0 Å². The van der Waals surface area contributed by atoms with Crippen molar-refractivity contribution in [1.82, 2.24) is 0 Å². The molecule has 0 saturated heterocycles. The topological polar surface area (TPSA) is 71.5 Å². The molecule has 0 spiro atoms. The zero-order chi connectivity index (χ0) is 10.9. The number of benzene rings is 1. The minimum atomic E-state index is 0.0555. The lowest BCUT2D eigenvalue weighted by Crippen LogP contribution is -2.11. The number of nitrogens with two attached hydrogens (primary N) is 1. The third kappa shape index (κ3) is 0.796. The van der Waals surface area contributed by atoms with Crippen molar-refractivity contribution >= 4 is 11.7 Å². The van der Waals surface area contributed by atoms with Crippen molar-refractivity contribution in [3.63, 3.8) is 0 Å². The van der Waals surface area contributed by atoms with E-state index in [2.05, 4.69) is 17.1 Å². The number of hydrogen-bond acceptors (Lipinski definition) is 3. The van der Waals surface area contributed by atoms with Gasteiger partial charge in [-0.15, -0.1) is 0 Å². The number of rotatable bonds is 0. The van der Waals surface area contributed by atoms with Crippen molar-refractivity contribution in [1.29, 1.82) is 5.41 Å². The summed E-state index contributed by atoms with van der Waals surface area (Å²) in [4.78, 5) is 3.98. The van der Waals surface area contributed by atoms with E-state index in [9.17, 15) is 0 Å². The monoisotopic (exact) mass is 211 g/mol. The number of amidine groups is 2. The van der Waals surface area contributed by atoms with E-state index in [1.165, 1.54) is 5.56 Å². The predicted octanol–water partition coefficient (Wildman–Crippen LogP) is 1.41. The van der Waals surface area contributed by atoms with Crippen LogP contribution < -0.4 is 5.73 Å². The van der Waals surface area contributed by atoms with Crippen LogP contribution in [0.5, 0.6) is 0 Å². The van der Waals surface area contributed by atoms with Gasteiger partial charge in [0, 0.05) is 11.1 Å². The third-order valence-electron chi connectivity index (χ3n) is 3.35. The summed E-state index contributed by atoms with van der Waals surface area (Å²) in [6.45, 7) is 0. The van der Waals surface area contributed by atoms with Crippen LogP contribution >= 0.6 is 0 Å². The molecule has 2 atom stereocenters. The summed E-state index contributed by atoms with van der Waals surface area (Å²) in [6, 6.07) is 4.00. The maximum absolute atomic E-state index is 7.73. The van der Waals surface area contributed by atoms with Crippen molar-refractivity contribution in [2.24, 2.45) is 10.7 Å². The second-order valence-electron chi connectivity index (χ2n) is 4.23. The third-order valence-corrected chi connectivity index (χ3v) is 3.35. The van der Waals surface area contributed by atoms with Crippen LogP contribution in [-0.4, -0.2) is 11.7 Å². The van der Waals surface area contributed by atoms with Crippen LogP contribution in [0.3, 0.4) is 0 Å². The van der Waals surface area contributed by atoms with Crippen LogP contribution in [0.15, 0.2) is 29.3 Å². The van der Waals surface area contributed by atoms with Gasteiger partial charge in [-0.2, -0.15) is 0 Å². The number of aliphatic imine (C=N–C) groups is 1. The van der Waals surface area contributed by atoms with Crippen LogP contribution in [0, 0.1) is 5.41 Å². The van der Waals surface area contributed by atoms with E-state index in [1.54, 1.807) is 0 Å². The first kappa shape index (κ1) is 8.24. The van der Waals surface area contributed by atoms with Crippen LogP contribution in [0.25, 0.3) is 0 Å². The molecule has 4 rings (SSSR count). The SMILES string of the molecule is N=C1N=C(N)c2cc3c(cc21)C1C=CC3O1. The fraction of sp³-hybridized carbons (Fsp3) is 0.167. The summed E-state index contributed by atoms with van der Waals surface area (Å²) in [5.74, 6) is 0.691. The quantitative estimate of drug-likeness (QED) is 0.637. The van der Waals surface area contributed by atoms with Crippen molar-refractivity contribution in [2.75, 3.05) is 0 Å². The molecule has 0 aromatic heterocycles. The Balaban J connectivity index is 2.01. The fourth-order valence-electron chi connectivity index (χ4n) is 2.58. The Morgan fingerprint density at radius 3 is 2.44 bits per heavy atom. The lowest BCUT2D eigenvalue weighted by atomic mass is 9.92. The highest BCUT2D eigenvalue weighted by Gasteiger charge is 2.35. The van der Waals surface area contributed by atoms with Gasteiger partial charge in [0.15, 0.2) is 5.84 Å². The highest BCUT2D eigenvalue weighted by molar-refractivity contribution is 6.21. The Bertz CT molecular complexity index is 601. The Kier molecular flexibility index (Phi) is 1.24. The van der Waals surface area contributed by atoms with E-state index in [4.69, 9.17) is 15.9 Å². The Hall–Kier alpha value is -1.94. The molecule has 3 aliphatic rings. The van der Waals surface area contributed by atoms with E-state index in [-0.39, 0.29) is 18.0 Å². The normalized spacial score (nSPS) is 28.2. The summed E-state index contributed by atoms with van der Waals surface area (Å²) in [5.41, 5.74) is 9.79. The molecule has 78 valence electrons. The lowest BCUT2D eigenvalue weighted by molar-refractivity contribution is 0.0878. The maximum Gasteiger partial charge on any atom is 0.154 e. The number of fused-ring (bicyclic) bond motifs is 6. The summed E-state index contributed by atoms with van der Waals surface area (Å²) < 4.78 is 5.73. The molecule has 3 heterocycles. The highest BCUT2D eigenvalue weighted by atomic mass is 16.5. The molecule has 0 saturated carbocycles. The molecule has 4 nitrogen and oxygen atoms in total. The van der Waals surface area contributed by atoms with Gasteiger partial charge in [-0.3, -0.25) is 5.41 Å². The van der Waals surface area contributed by atoms with E-state index in [1.807, 2.05) is 12.1 Å². The molecule has 0 aliphatic carbocycles. The number of nitrogens with one attached hydrogen (secondary N) is 1. The molecule has 0 amide bonds. The van der Waals surface area contributed by atoms with Crippen LogP contribution in [0.2, 0.25) is 0 Å². The average molecular weight is 211 g/mol. The van der Waals surface area contributed by atoms with Gasteiger partial charge in [-0.1, -0.05) is 12.2 Å². The lowest BCUT2D eigenvalue weighted by Gasteiger charge is -2.09. The van der Waals surface area contributed by atoms with Gasteiger partial charge < -0.3 is 10.5 Å².